The van der Waals surface area contributed by atoms with E-state index < -0.39 is 5.41 Å². The van der Waals surface area contributed by atoms with E-state index in [-0.39, 0.29) is 10.9 Å². The van der Waals surface area contributed by atoms with Crippen LogP contribution in [0.3, 0.4) is 0 Å². The number of thiocarbonyl (C=S) groups is 1. The van der Waals surface area contributed by atoms with E-state index in [4.69, 9.17) is 29.6 Å². The van der Waals surface area contributed by atoms with Crippen LogP contribution >= 0.6 is 35.2 Å². The first kappa shape index (κ1) is 14.2. The first-order valence-electron chi connectivity index (χ1n) is 5.48. The fourth-order valence-corrected chi connectivity index (χ4v) is 2.55. The van der Waals surface area contributed by atoms with Crippen molar-refractivity contribution in [3.05, 3.63) is 23.2 Å². The summed E-state index contributed by atoms with van der Waals surface area (Å²) in [4.78, 5) is 16.5. The van der Waals surface area contributed by atoms with Gasteiger partial charge >= 0.3 is 0 Å². The Labute approximate surface area is 125 Å². The van der Waals surface area contributed by atoms with Gasteiger partial charge in [-0.05, 0) is 32.0 Å². The molecule has 100 valence electrons. The van der Waals surface area contributed by atoms with Crippen LogP contribution in [0.1, 0.15) is 13.8 Å². The van der Waals surface area contributed by atoms with Gasteiger partial charge in [0.2, 0.25) is 5.91 Å². The van der Waals surface area contributed by atoms with E-state index in [1.165, 1.54) is 11.3 Å². The van der Waals surface area contributed by atoms with Crippen molar-refractivity contribution in [2.75, 3.05) is 5.32 Å². The number of carbonyl (C=O) groups excluding carboxylic acids is 1. The van der Waals surface area contributed by atoms with Gasteiger partial charge in [-0.2, -0.15) is 0 Å². The Morgan fingerprint density at radius 2 is 2.21 bits per heavy atom. The number of hydrogen-bond donors (Lipinski definition) is 2. The van der Waals surface area contributed by atoms with Gasteiger partial charge < -0.3 is 11.1 Å². The maximum absolute atomic E-state index is 12.1. The highest BCUT2D eigenvalue weighted by Crippen LogP contribution is 2.29. The number of aromatic nitrogens is 1. The van der Waals surface area contributed by atoms with Gasteiger partial charge in [-0.15, -0.1) is 0 Å². The van der Waals surface area contributed by atoms with Crippen LogP contribution in [0.4, 0.5) is 5.13 Å². The SMILES string of the molecule is CC(C)(C(=O)Nc1nc2ccc(Cl)cc2s1)C(N)=S. The number of benzene rings is 1. The third kappa shape index (κ3) is 2.86. The predicted molar refractivity (Wildman–Crippen MR) is 83.8 cm³/mol. The minimum Gasteiger partial charge on any atom is -0.392 e. The Balaban J connectivity index is 2.27. The van der Waals surface area contributed by atoms with Crippen LogP contribution in [-0.4, -0.2) is 15.9 Å². The molecular weight excluding hydrogens is 302 g/mol. The molecule has 0 saturated heterocycles. The number of rotatable bonds is 3. The molecule has 3 N–H and O–H groups in total. The lowest BCUT2D eigenvalue weighted by Gasteiger charge is -2.20. The number of nitrogens with zero attached hydrogens (tertiary/aromatic N) is 1. The molecule has 0 bridgehead atoms. The van der Waals surface area contributed by atoms with Crippen molar-refractivity contribution in [1.29, 1.82) is 0 Å². The lowest BCUT2D eigenvalue weighted by molar-refractivity contribution is -0.121. The van der Waals surface area contributed by atoms with Crippen LogP contribution in [0.25, 0.3) is 10.2 Å². The number of halogens is 1. The van der Waals surface area contributed by atoms with E-state index in [1.807, 2.05) is 12.1 Å². The summed E-state index contributed by atoms with van der Waals surface area (Å²) < 4.78 is 0.913. The number of fused-ring (bicyclic) bond motifs is 1. The molecule has 0 aliphatic rings. The van der Waals surface area contributed by atoms with E-state index in [1.54, 1.807) is 19.9 Å². The first-order valence-corrected chi connectivity index (χ1v) is 7.08. The maximum atomic E-state index is 12.1. The molecule has 1 aromatic heterocycles. The van der Waals surface area contributed by atoms with Gasteiger partial charge in [0, 0.05) is 5.02 Å². The summed E-state index contributed by atoms with van der Waals surface area (Å²) in [5, 5.41) is 3.87. The molecule has 1 amide bonds. The molecule has 0 saturated carbocycles. The number of nitrogens with one attached hydrogen (secondary N) is 1. The summed E-state index contributed by atoms with van der Waals surface area (Å²) in [5.41, 5.74) is 5.43. The summed E-state index contributed by atoms with van der Waals surface area (Å²) in [6, 6.07) is 5.37. The third-order valence-electron chi connectivity index (χ3n) is 2.75. The second kappa shape index (κ2) is 5.03. The molecule has 0 radical (unpaired) electrons. The van der Waals surface area contributed by atoms with E-state index in [2.05, 4.69) is 10.3 Å². The summed E-state index contributed by atoms with van der Waals surface area (Å²) >= 11 is 12.1. The average molecular weight is 314 g/mol. The van der Waals surface area contributed by atoms with Crippen molar-refractivity contribution in [3.8, 4) is 0 Å². The molecule has 0 aliphatic carbocycles. The Kier molecular flexibility index (Phi) is 3.75. The Morgan fingerprint density at radius 3 is 2.84 bits per heavy atom. The molecule has 0 aliphatic heterocycles. The first-order chi connectivity index (χ1) is 8.80. The van der Waals surface area contributed by atoms with E-state index in [0.717, 1.165) is 10.2 Å². The summed E-state index contributed by atoms with van der Waals surface area (Å²) in [5.74, 6) is -0.273. The largest absolute Gasteiger partial charge is 0.392 e. The Hall–Kier alpha value is -1.24. The van der Waals surface area contributed by atoms with Gasteiger partial charge in [0.05, 0.1) is 20.6 Å². The number of carbonyl (C=O) groups is 1. The van der Waals surface area contributed by atoms with Crippen LogP contribution in [0.2, 0.25) is 5.02 Å². The quantitative estimate of drug-likeness (QED) is 0.854. The van der Waals surface area contributed by atoms with Gasteiger partial charge in [0.25, 0.3) is 0 Å². The molecule has 0 spiro atoms. The zero-order chi connectivity index (χ0) is 14.2. The molecular formula is C12H12ClN3OS2. The van der Waals surface area contributed by atoms with Gasteiger partial charge in [-0.3, -0.25) is 4.79 Å². The molecule has 1 heterocycles. The number of anilines is 1. The van der Waals surface area contributed by atoms with Gasteiger partial charge in [-0.25, -0.2) is 4.98 Å². The monoisotopic (exact) mass is 313 g/mol. The number of thiazole rings is 1. The molecule has 0 unspecified atom stereocenters. The Bertz CT molecular complexity index is 666. The average Bonchev–Trinajstić information content (AvgIpc) is 2.69. The molecule has 1 aromatic carbocycles. The molecule has 7 heteroatoms. The van der Waals surface area contributed by atoms with Crippen LogP contribution in [0.15, 0.2) is 18.2 Å². The lowest BCUT2D eigenvalue weighted by Crippen LogP contribution is -2.41. The van der Waals surface area contributed by atoms with Crippen LogP contribution in [0.5, 0.6) is 0 Å². The van der Waals surface area contributed by atoms with E-state index >= 15 is 0 Å². The molecule has 2 rings (SSSR count). The van der Waals surface area contributed by atoms with Crippen LogP contribution in [-0.2, 0) is 4.79 Å². The standard InChI is InChI=1S/C12H12ClN3OS2/c1-12(2,9(14)18)10(17)16-11-15-7-4-3-6(13)5-8(7)19-11/h3-5H,1-2H3,(H2,14,18)(H,15,16,17). The zero-order valence-corrected chi connectivity index (χ0v) is 12.7. The molecule has 0 fully saturated rings. The van der Waals surface area contributed by atoms with E-state index in [0.29, 0.717) is 10.2 Å². The van der Waals surface area contributed by atoms with Crippen molar-refractivity contribution in [2.45, 2.75) is 13.8 Å². The summed E-state index contributed by atoms with van der Waals surface area (Å²) in [6.07, 6.45) is 0. The van der Waals surface area contributed by atoms with Crippen molar-refractivity contribution >= 4 is 61.4 Å². The summed E-state index contributed by atoms with van der Waals surface area (Å²) in [7, 11) is 0. The topological polar surface area (TPSA) is 68.0 Å². The second-order valence-electron chi connectivity index (χ2n) is 4.57. The Morgan fingerprint density at radius 1 is 1.53 bits per heavy atom. The summed E-state index contributed by atoms with van der Waals surface area (Å²) in [6.45, 7) is 3.35. The maximum Gasteiger partial charge on any atom is 0.238 e. The molecule has 19 heavy (non-hydrogen) atoms. The highest BCUT2D eigenvalue weighted by molar-refractivity contribution is 7.80. The fourth-order valence-electron chi connectivity index (χ4n) is 1.32. The number of nitrogens with two attached hydrogens (primary N) is 1. The van der Waals surface area contributed by atoms with Crippen LogP contribution in [0, 0.1) is 5.41 Å². The van der Waals surface area contributed by atoms with E-state index in [9.17, 15) is 4.79 Å². The zero-order valence-electron chi connectivity index (χ0n) is 10.4. The molecule has 4 nitrogen and oxygen atoms in total. The van der Waals surface area contributed by atoms with Gasteiger partial charge in [0.1, 0.15) is 0 Å². The van der Waals surface area contributed by atoms with Crippen molar-refractivity contribution < 1.29 is 4.79 Å². The van der Waals surface area contributed by atoms with Crippen molar-refractivity contribution in [2.24, 2.45) is 11.1 Å². The number of amides is 1. The third-order valence-corrected chi connectivity index (χ3v) is 4.43. The van der Waals surface area contributed by atoms with Crippen molar-refractivity contribution in [1.82, 2.24) is 4.98 Å². The minimum atomic E-state index is -0.912. The van der Waals surface area contributed by atoms with Gasteiger partial charge in [0.15, 0.2) is 5.13 Å². The fraction of sp³-hybridized carbons (Fsp3) is 0.250. The number of hydrogen-bond acceptors (Lipinski definition) is 4. The molecule has 2 aromatic rings. The second-order valence-corrected chi connectivity index (χ2v) is 6.48. The molecule has 0 atom stereocenters. The highest BCUT2D eigenvalue weighted by Gasteiger charge is 2.31. The smallest absolute Gasteiger partial charge is 0.238 e. The minimum absolute atomic E-state index is 0.147. The van der Waals surface area contributed by atoms with Gasteiger partial charge in [-0.1, -0.05) is 35.2 Å². The lowest BCUT2D eigenvalue weighted by atomic mass is 9.92. The predicted octanol–water partition coefficient (Wildman–Crippen LogP) is 3.20. The normalized spacial score (nSPS) is 11.5. The highest BCUT2D eigenvalue weighted by atomic mass is 35.5. The van der Waals surface area contributed by atoms with Crippen molar-refractivity contribution in [3.63, 3.8) is 0 Å². The van der Waals surface area contributed by atoms with Crippen LogP contribution < -0.4 is 11.1 Å².